The summed E-state index contributed by atoms with van der Waals surface area (Å²) in [6.45, 7) is 5.84. The van der Waals surface area contributed by atoms with E-state index in [1.54, 1.807) is 0 Å². The predicted molar refractivity (Wildman–Crippen MR) is 73.0 cm³/mol. The van der Waals surface area contributed by atoms with Crippen molar-refractivity contribution in [2.24, 2.45) is 11.7 Å². The van der Waals surface area contributed by atoms with Crippen LogP contribution >= 0.6 is 0 Å². The molecule has 102 valence electrons. The standard InChI is InChI=1S/C14H26N4/c1-17-7-3-8-18(11-10-17)9-5-13-4-2-6-14(13,16)12-15/h13H,2-11,16H2,1H3. The highest BCUT2D eigenvalue weighted by Crippen LogP contribution is 2.35. The van der Waals surface area contributed by atoms with Crippen molar-refractivity contribution >= 4 is 0 Å². The fraction of sp³-hybridized carbons (Fsp3) is 0.929. The van der Waals surface area contributed by atoms with E-state index in [1.165, 1.54) is 19.5 Å². The summed E-state index contributed by atoms with van der Waals surface area (Å²) in [6.07, 6.45) is 5.49. The molecule has 0 bridgehead atoms. The first kappa shape index (κ1) is 13.8. The van der Waals surface area contributed by atoms with Crippen molar-refractivity contribution in [3.8, 4) is 6.07 Å². The van der Waals surface area contributed by atoms with Gasteiger partial charge < -0.3 is 15.5 Å². The van der Waals surface area contributed by atoms with Crippen LogP contribution in [0.25, 0.3) is 0 Å². The van der Waals surface area contributed by atoms with E-state index in [4.69, 9.17) is 5.73 Å². The number of nitrogens with two attached hydrogens (primary N) is 1. The quantitative estimate of drug-likeness (QED) is 0.813. The van der Waals surface area contributed by atoms with Crippen LogP contribution in [-0.4, -0.2) is 55.1 Å². The van der Waals surface area contributed by atoms with Crippen molar-refractivity contribution in [2.75, 3.05) is 39.8 Å². The summed E-state index contributed by atoms with van der Waals surface area (Å²) in [5.74, 6) is 0.406. The van der Waals surface area contributed by atoms with E-state index in [2.05, 4.69) is 22.9 Å². The number of hydrogen-bond donors (Lipinski definition) is 1. The van der Waals surface area contributed by atoms with Crippen LogP contribution in [0.3, 0.4) is 0 Å². The van der Waals surface area contributed by atoms with E-state index < -0.39 is 5.54 Å². The van der Waals surface area contributed by atoms with Gasteiger partial charge in [-0.05, 0) is 58.3 Å². The van der Waals surface area contributed by atoms with Crippen LogP contribution in [-0.2, 0) is 0 Å². The van der Waals surface area contributed by atoms with Crippen molar-refractivity contribution in [3.05, 3.63) is 0 Å². The van der Waals surface area contributed by atoms with Gasteiger partial charge in [0.25, 0.3) is 0 Å². The molecule has 2 fully saturated rings. The van der Waals surface area contributed by atoms with Gasteiger partial charge in [-0.15, -0.1) is 0 Å². The topological polar surface area (TPSA) is 56.3 Å². The lowest BCUT2D eigenvalue weighted by Gasteiger charge is -2.27. The van der Waals surface area contributed by atoms with Crippen LogP contribution in [0.1, 0.15) is 32.1 Å². The fourth-order valence-corrected chi connectivity index (χ4v) is 3.31. The molecule has 0 aromatic heterocycles. The molecule has 2 N–H and O–H groups in total. The van der Waals surface area contributed by atoms with E-state index >= 15 is 0 Å². The molecule has 1 saturated carbocycles. The molecule has 18 heavy (non-hydrogen) atoms. The molecule has 4 nitrogen and oxygen atoms in total. The summed E-state index contributed by atoms with van der Waals surface area (Å²) in [5, 5.41) is 9.22. The average Bonchev–Trinajstić information content (AvgIpc) is 2.61. The molecule has 2 rings (SSSR count). The first-order chi connectivity index (χ1) is 8.64. The van der Waals surface area contributed by atoms with Crippen LogP contribution in [0, 0.1) is 17.2 Å². The van der Waals surface area contributed by atoms with Crippen molar-refractivity contribution in [2.45, 2.75) is 37.6 Å². The van der Waals surface area contributed by atoms with E-state index in [0.717, 1.165) is 45.3 Å². The molecule has 0 amide bonds. The Balaban J connectivity index is 1.79. The van der Waals surface area contributed by atoms with Gasteiger partial charge in [-0.25, -0.2) is 0 Å². The SMILES string of the molecule is CN1CCCN(CCC2CCCC2(N)C#N)CC1. The highest BCUT2D eigenvalue weighted by molar-refractivity contribution is 5.11. The maximum atomic E-state index is 9.22. The summed E-state index contributed by atoms with van der Waals surface area (Å²) in [4.78, 5) is 4.94. The summed E-state index contributed by atoms with van der Waals surface area (Å²) in [5.41, 5.74) is 5.64. The Hall–Kier alpha value is -0.630. The Bertz CT molecular complexity index is 311. The minimum absolute atomic E-state index is 0.406. The van der Waals surface area contributed by atoms with Gasteiger partial charge in [0.05, 0.1) is 6.07 Å². The average molecular weight is 250 g/mol. The maximum Gasteiger partial charge on any atom is 0.107 e. The minimum Gasteiger partial charge on any atom is -0.313 e. The second-order valence-corrected chi connectivity index (χ2v) is 6.03. The number of nitriles is 1. The Kier molecular flexibility index (Phi) is 4.60. The Morgan fingerprint density at radius 2 is 2.11 bits per heavy atom. The van der Waals surface area contributed by atoms with Gasteiger partial charge in [0.15, 0.2) is 0 Å². The Morgan fingerprint density at radius 1 is 1.28 bits per heavy atom. The second-order valence-electron chi connectivity index (χ2n) is 6.03. The van der Waals surface area contributed by atoms with E-state index in [0.29, 0.717) is 5.92 Å². The van der Waals surface area contributed by atoms with Gasteiger partial charge in [-0.1, -0.05) is 6.42 Å². The summed E-state index contributed by atoms with van der Waals surface area (Å²) in [6, 6.07) is 2.35. The molecular weight excluding hydrogens is 224 g/mol. The third-order valence-electron chi connectivity index (χ3n) is 4.69. The van der Waals surface area contributed by atoms with Crippen LogP contribution in [0.4, 0.5) is 0 Å². The molecule has 1 aliphatic carbocycles. The van der Waals surface area contributed by atoms with Crippen molar-refractivity contribution in [1.29, 1.82) is 5.26 Å². The molecule has 0 spiro atoms. The van der Waals surface area contributed by atoms with Gasteiger partial charge in [0, 0.05) is 13.1 Å². The predicted octanol–water partition coefficient (Wildman–Crippen LogP) is 1.04. The number of nitrogens with zero attached hydrogens (tertiary/aromatic N) is 3. The van der Waals surface area contributed by atoms with Gasteiger partial charge in [-0.2, -0.15) is 5.26 Å². The van der Waals surface area contributed by atoms with Crippen molar-refractivity contribution in [3.63, 3.8) is 0 Å². The number of hydrogen-bond acceptors (Lipinski definition) is 4. The minimum atomic E-state index is -0.539. The number of likely N-dealkylation sites (N-methyl/N-ethyl adjacent to an activating group) is 1. The van der Waals surface area contributed by atoms with Crippen molar-refractivity contribution in [1.82, 2.24) is 9.80 Å². The Morgan fingerprint density at radius 3 is 2.89 bits per heavy atom. The summed E-state index contributed by atoms with van der Waals surface area (Å²) < 4.78 is 0. The van der Waals surface area contributed by atoms with E-state index in [9.17, 15) is 5.26 Å². The van der Waals surface area contributed by atoms with Crippen LogP contribution in [0.5, 0.6) is 0 Å². The molecular formula is C14H26N4. The van der Waals surface area contributed by atoms with Crippen molar-refractivity contribution < 1.29 is 0 Å². The normalized spacial score (nSPS) is 35.3. The zero-order chi connectivity index (χ0) is 13.0. The molecule has 0 aromatic rings. The lowest BCUT2D eigenvalue weighted by molar-refractivity contribution is 0.241. The van der Waals surface area contributed by atoms with Crippen LogP contribution in [0.15, 0.2) is 0 Å². The molecule has 2 atom stereocenters. The van der Waals surface area contributed by atoms with E-state index in [-0.39, 0.29) is 0 Å². The first-order valence-corrected chi connectivity index (χ1v) is 7.25. The van der Waals surface area contributed by atoms with Gasteiger partial charge in [0.2, 0.25) is 0 Å². The van der Waals surface area contributed by atoms with Gasteiger partial charge >= 0.3 is 0 Å². The third kappa shape index (κ3) is 3.23. The highest BCUT2D eigenvalue weighted by atomic mass is 15.2. The molecule has 1 heterocycles. The lowest BCUT2D eigenvalue weighted by atomic mass is 9.87. The zero-order valence-electron chi connectivity index (χ0n) is 11.6. The second kappa shape index (κ2) is 6.01. The zero-order valence-corrected chi connectivity index (χ0v) is 11.6. The largest absolute Gasteiger partial charge is 0.313 e. The summed E-state index contributed by atoms with van der Waals surface area (Å²) in [7, 11) is 2.20. The molecule has 4 heteroatoms. The third-order valence-corrected chi connectivity index (χ3v) is 4.69. The van der Waals surface area contributed by atoms with Crippen LogP contribution < -0.4 is 5.73 Å². The number of rotatable bonds is 3. The van der Waals surface area contributed by atoms with E-state index in [1.807, 2.05) is 0 Å². The summed E-state index contributed by atoms with van der Waals surface area (Å²) >= 11 is 0. The first-order valence-electron chi connectivity index (χ1n) is 7.25. The van der Waals surface area contributed by atoms with Gasteiger partial charge in [-0.3, -0.25) is 0 Å². The maximum absolute atomic E-state index is 9.22. The smallest absolute Gasteiger partial charge is 0.107 e. The molecule has 2 unspecified atom stereocenters. The Labute approximate surface area is 111 Å². The molecule has 2 aliphatic rings. The van der Waals surface area contributed by atoms with Gasteiger partial charge in [0.1, 0.15) is 5.54 Å². The van der Waals surface area contributed by atoms with Crippen LogP contribution in [0.2, 0.25) is 0 Å². The fourth-order valence-electron chi connectivity index (χ4n) is 3.31. The highest BCUT2D eigenvalue weighted by Gasteiger charge is 2.39. The molecule has 0 aromatic carbocycles. The molecule has 1 aliphatic heterocycles. The molecule has 1 saturated heterocycles. The monoisotopic (exact) mass is 250 g/mol. The lowest BCUT2D eigenvalue weighted by Crippen LogP contribution is -2.43. The molecule has 0 radical (unpaired) electrons.